The third kappa shape index (κ3) is 2.93. The van der Waals surface area contributed by atoms with Crippen molar-refractivity contribution in [3.05, 3.63) is 83.9 Å². The summed E-state index contributed by atoms with van der Waals surface area (Å²) in [7, 11) is 0. The standard InChI is InChI=1S/C21H14N2O4/c24-13-22-18-11-10-15(27-14-6-2-1-3-7-14)12-19(18)23-20(25)16-8-4-5-9-17(16)21(23)26/h1-13H,(H,22,24). The van der Waals surface area contributed by atoms with Gasteiger partial charge in [-0.1, -0.05) is 30.3 Å². The van der Waals surface area contributed by atoms with E-state index in [9.17, 15) is 14.4 Å². The maximum absolute atomic E-state index is 12.8. The molecule has 0 aliphatic carbocycles. The van der Waals surface area contributed by atoms with Crippen molar-refractivity contribution in [1.82, 2.24) is 0 Å². The number of hydrogen-bond donors (Lipinski definition) is 1. The summed E-state index contributed by atoms with van der Waals surface area (Å²) in [5.41, 5.74) is 1.24. The molecule has 4 rings (SSSR count). The molecule has 1 N–H and O–H groups in total. The van der Waals surface area contributed by atoms with Gasteiger partial charge in [0.15, 0.2) is 0 Å². The second kappa shape index (κ2) is 6.76. The largest absolute Gasteiger partial charge is 0.457 e. The zero-order chi connectivity index (χ0) is 18.8. The number of carbonyl (C=O) groups is 3. The highest BCUT2D eigenvalue weighted by molar-refractivity contribution is 6.35. The lowest BCUT2D eigenvalue weighted by Gasteiger charge is -2.19. The van der Waals surface area contributed by atoms with Crippen LogP contribution >= 0.6 is 0 Å². The van der Waals surface area contributed by atoms with Gasteiger partial charge in [0.2, 0.25) is 6.41 Å². The van der Waals surface area contributed by atoms with E-state index in [4.69, 9.17) is 4.74 Å². The van der Waals surface area contributed by atoms with Crippen molar-refractivity contribution in [2.24, 2.45) is 0 Å². The molecule has 0 unspecified atom stereocenters. The van der Waals surface area contributed by atoms with Crippen LogP contribution in [-0.2, 0) is 4.79 Å². The molecule has 3 aromatic carbocycles. The second-order valence-corrected chi connectivity index (χ2v) is 5.85. The van der Waals surface area contributed by atoms with Crippen molar-refractivity contribution < 1.29 is 19.1 Å². The quantitative estimate of drug-likeness (QED) is 0.555. The fourth-order valence-electron chi connectivity index (χ4n) is 2.98. The van der Waals surface area contributed by atoms with Gasteiger partial charge in [0.05, 0.1) is 22.5 Å². The first-order chi connectivity index (χ1) is 13.2. The molecule has 6 nitrogen and oxygen atoms in total. The van der Waals surface area contributed by atoms with E-state index in [-0.39, 0.29) is 5.69 Å². The van der Waals surface area contributed by atoms with Crippen LogP contribution in [0.5, 0.6) is 11.5 Å². The maximum atomic E-state index is 12.8. The number of imide groups is 1. The van der Waals surface area contributed by atoms with E-state index >= 15 is 0 Å². The Morgan fingerprint density at radius 1 is 0.778 bits per heavy atom. The van der Waals surface area contributed by atoms with Crippen molar-refractivity contribution >= 4 is 29.6 Å². The zero-order valence-electron chi connectivity index (χ0n) is 14.1. The topological polar surface area (TPSA) is 75.7 Å². The Balaban J connectivity index is 1.77. The van der Waals surface area contributed by atoms with Gasteiger partial charge in [-0.2, -0.15) is 0 Å². The summed E-state index contributed by atoms with van der Waals surface area (Å²) in [4.78, 5) is 37.6. The van der Waals surface area contributed by atoms with Crippen molar-refractivity contribution in [1.29, 1.82) is 0 Å². The fourth-order valence-corrected chi connectivity index (χ4v) is 2.98. The average Bonchev–Trinajstić information content (AvgIpc) is 2.95. The van der Waals surface area contributed by atoms with Crippen LogP contribution < -0.4 is 15.0 Å². The van der Waals surface area contributed by atoms with Crippen LogP contribution in [0.4, 0.5) is 11.4 Å². The molecule has 0 radical (unpaired) electrons. The number of nitrogens with one attached hydrogen (secondary N) is 1. The number of para-hydroxylation sites is 1. The Hall–Kier alpha value is -3.93. The number of ether oxygens (including phenoxy) is 1. The molecule has 27 heavy (non-hydrogen) atoms. The van der Waals surface area contributed by atoms with Crippen LogP contribution in [0.2, 0.25) is 0 Å². The van der Waals surface area contributed by atoms with E-state index in [1.807, 2.05) is 18.2 Å². The molecule has 0 fully saturated rings. The molecular weight excluding hydrogens is 344 g/mol. The van der Waals surface area contributed by atoms with Crippen molar-refractivity contribution in [3.63, 3.8) is 0 Å². The average molecular weight is 358 g/mol. The molecule has 0 saturated carbocycles. The number of amides is 3. The highest BCUT2D eigenvalue weighted by Gasteiger charge is 2.37. The summed E-state index contributed by atoms with van der Waals surface area (Å²) in [5.74, 6) is 0.161. The van der Waals surface area contributed by atoms with Crippen LogP contribution in [0.1, 0.15) is 20.7 Å². The maximum Gasteiger partial charge on any atom is 0.266 e. The molecule has 0 atom stereocenters. The van der Waals surface area contributed by atoms with Gasteiger partial charge in [-0.15, -0.1) is 0 Å². The number of rotatable bonds is 5. The SMILES string of the molecule is O=CNc1ccc(Oc2ccccc2)cc1N1C(=O)c2ccccc2C1=O. The molecular formula is C21H14N2O4. The summed E-state index contributed by atoms with van der Waals surface area (Å²) in [6, 6.07) is 20.5. The van der Waals surface area contributed by atoms with Gasteiger partial charge in [0, 0.05) is 6.07 Å². The third-order valence-corrected chi connectivity index (χ3v) is 4.20. The molecule has 132 valence electrons. The van der Waals surface area contributed by atoms with E-state index in [1.54, 1.807) is 54.6 Å². The minimum atomic E-state index is -0.443. The van der Waals surface area contributed by atoms with Gasteiger partial charge in [0.25, 0.3) is 11.8 Å². The van der Waals surface area contributed by atoms with E-state index in [2.05, 4.69) is 5.32 Å². The Morgan fingerprint density at radius 3 is 2.04 bits per heavy atom. The first-order valence-electron chi connectivity index (χ1n) is 8.24. The van der Waals surface area contributed by atoms with Gasteiger partial charge >= 0.3 is 0 Å². The van der Waals surface area contributed by atoms with Gasteiger partial charge in [-0.05, 0) is 36.4 Å². The normalized spacial score (nSPS) is 12.7. The van der Waals surface area contributed by atoms with E-state index in [1.165, 1.54) is 0 Å². The molecule has 0 saturated heterocycles. The lowest BCUT2D eigenvalue weighted by atomic mass is 10.1. The smallest absolute Gasteiger partial charge is 0.266 e. The number of fused-ring (bicyclic) bond motifs is 1. The summed E-state index contributed by atoms with van der Waals surface area (Å²) >= 11 is 0. The predicted molar refractivity (Wildman–Crippen MR) is 100 cm³/mol. The minimum absolute atomic E-state index is 0.252. The highest BCUT2D eigenvalue weighted by atomic mass is 16.5. The number of carbonyl (C=O) groups excluding carboxylic acids is 3. The molecule has 0 aromatic heterocycles. The predicted octanol–water partition coefficient (Wildman–Crippen LogP) is 3.85. The Morgan fingerprint density at radius 2 is 1.41 bits per heavy atom. The number of hydrogen-bond acceptors (Lipinski definition) is 4. The Kier molecular flexibility index (Phi) is 4.14. The molecule has 1 aliphatic heterocycles. The van der Waals surface area contributed by atoms with Crippen molar-refractivity contribution in [2.75, 3.05) is 10.2 Å². The zero-order valence-corrected chi connectivity index (χ0v) is 14.1. The molecule has 1 aliphatic rings. The summed E-state index contributed by atoms with van der Waals surface area (Å²) in [5, 5.41) is 2.53. The first-order valence-corrected chi connectivity index (χ1v) is 8.24. The monoisotopic (exact) mass is 358 g/mol. The molecule has 0 bridgehead atoms. The Labute approximate surface area is 155 Å². The first kappa shape index (κ1) is 16.5. The Bertz CT molecular complexity index is 1010. The van der Waals surface area contributed by atoms with Crippen molar-refractivity contribution in [3.8, 4) is 11.5 Å². The van der Waals surface area contributed by atoms with Gasteiger partial charge in [-0.25, -0.2) is 4.90 Å². The molecule has 6 heteroatoms. The molecule has 1 heterocycles. The summed E-state index contributed by atoms with van der Waals surface area (Å²) in [6.07, 6.45) is 0.495. The van der Waals surface area contributed by atoms with Crippen molar-refractivity contribution in [2.45, 2.75) is 0 Å². The lowest BCUT2D eigenvalue weighted by Crippen LogP contribution is -2.30. The van der Waals surface area contributed by atoms with Crippen LogP contribution in [0, 0.1) is 0 Å². The number of nitrogens with zero attached hydrogens (tertiary/aromatic N) is 1. The van der Waals surface area contributed by atoms with Gasteiger partial charge < -0.3 is 10.1 Å². The van der Waals surface area contributed by atoms with Gasteiger partial charge in [0.1, 0.15) is 11.5 Å². The number of benzene rings is 3. The third-order valence-electron chi connectivity index (χ3n) is 4.20. The fraction of sp³-hybridized carbons (Fsp3) is 0. The lowest BCUT2D eigenvalue weighted by molar-refractivity contribution is -0.105. The van der Waals surface area contributed by atoms with Crippen LogP contribution in [0.3, 0.4) is 0 Å². The van der Waals surface area contributed by atoms with E-state index in [0.29, 0.717) is 34.7 Å². The van der Waals surface area contributed by atoms with E-state index in [0.717, 1.165) is 4.90 Å². The minimum Gasteiger partial charge on any atom is -0.457 e. The molecule has 0 spiro atoms. The second-order valence-electron chi connectivity index (χ2n) is 5.85. The van der Waals surface area contributed by atoms with Crippen LogP contribution in [0.25, 0.3) is 0 Å². The van der Waals surface area contributed by atoms with Gasteiger partial charge in [-0.3, -0.25) is 14.4 Å². The molecule has 3 amide bonds. The van der Waals surface area contributed by atoms with Crippen LogP contribution in [0.15, 0.2) is 72.8 Å². The summed E-state index contributed by atoms with van der Waals surface area (Å²) < 4.78 is 5.79. The van der Waals surface area contributed by atoms with E-state index < -0.39 is 11.8 Å². The number of anilines is 2. The summed E-state index contributed by atoms with van der Waals surface area (Å²) in [6.45, 7) is 0. The van der Waals surface area contributed by atoms with Crippen LogP contribution in [-0.4, -0.2) is 18.2 Å². The highest BCUT2D eigenvalue weighted by Crippen LogP contribution is 2.37. The molecule has 3 aromatic rings.